The van der Waals surface area contributed by atoms with E-state index in [1.807, 2.05) is 0 Å². The summed E-state index contributed by atoms with van der Waals surface area (Å²) in [5.41, 5.74) is 3.88. The van der Waals surface area contributed by atoms with Gasteiger partial charge in [0.15, 0.2) is 0 Å². The summed E-state index contributed by atoms with van der Waals surface area (Å²) in [6.45, 7) is 9.86. The minimum absolute atomic E-state index is 0.0144. The molecule has 0 bridgehead atoms. The van der Waals surface area contributed by atoms with Crippen molar-refractivity contribution in [1.29, 1.82) is 0 Å². The van der Waals surface area contributed by atoms with E-state index in [0.717, 1.165) is 32.7 Å². The van der Waals surface area contributed by atoms with E-state index in [1.165, 1.54) is 29.7 Å². The number of rotatable bonds is 10. The standard InChI is InChI=1S/C30H38N2O/c1-25-24-32(26(2)23-31(25)20-12-15-27-13-6-3-7-14-27)21-22-33-30(28-16-8-4-9-17-28)29-18-10-5-11-19-29/h3-11,13-14,16-19,25-26,30H,12,15,20-24H2,1-2H3. The molecular formula is C30H38N2O. The van der Waals surface area contributed by atoms with Crippen molar-refractivity contribution in [3.63, 3.8) is 0 Å². The highest BCUT2D eigenvalue weighted by atomic mass is 16.5. The molecule has 0 amide bonds. The fourth-order valence-electron chi connectivity index (χ4n) is 4.95. The van der Waals surface area contributed by atoms with Gasteiger partial charge in [0.1, 0.15) is 6.10 Å². The van der Waals surface area contributed by atoms with Gasteiger partial charge in [-0.05, 0) is 49.9 Å². The van der Waals surface area contributed by atoms with Crippen molar-refractivity contribution >= 4 is 0 Å². The summed E-state index contributed by atoms with van der Waals surface area (Å²) in [4.78, 5) is 5.27. The maximum Gasteiger partial charge on any atom is 0.108 e. The second-order valence-corrected chi connectivity index (χ2v) is 9.35. The third-order valence-electron chi connectivity index (χ3n) is 6.87. The summed E-state index contributed by atoms with van der Waals surface area (Å²) in [5.74, 6) is 0. The Morgan fingerprint density at radius 2 is 1.18 bits per heavy atom. The van der Waals surface area contributed by atoms with Crippen molar-refractivity contribution in [2.75, 3.05) is 32.8 Å². The minimum Gasteiger partial charge on any atom is -0.367 e. The molecule has 3 nitrogen and oxygen atoms in total. The van der Waals surface area contributed by atoms with Crippen molar-refractivity contribution in [3.8, 4) is 0 Å². The number of piperazine rings is 1. The van der Waals surface area contributed by atoms with Gasteiger partial charge in [0.25, 0.3) is 0 Å². The molecule has 174 valence electrons. The van der Waals surface area contributed by atoms with E-state index in [1.54, 1.807) is 0 Å². The van der Waals surface area contributed by atoms with Gasteiger partial charge in [-0.1, -0.05) is 91.0 Å². The summed E-state index contributed by atoms with van der Waals surface area (Å²) in [6.07, 6.45) is 2.37. The van der Waals surface area contributed by atoms with Gasteiger partial charge in [-0.15, -0.1) is 0 Å². The van der Waals surface area contributed by atoms with Crippen LogP contribution in [0.2, 0.25) is 0 Å². The van der Waals surface area contributed by atoms with Crippen LogP contribution in [-0.4, -0.2) is 54.7 Å². The second kappa shape index (κ2) is 12.1. The molecule has 1 aliphatic heterocycles. The quantitative estimate of drug-likeness (QED) is 0.393. The molecule has 0 saturated carbocycles. The fraction of sp³-hybridized carbons (Fsp3) is 0.400. The molecule has 1 aliphatic rings. The van der Waals surface area contributed by atoms with Crippen molar-refractivity contribution in [2.45, 2.75) is 44.9 Å². The average Bonchev–Trinajstić information content (AvgIpc) is 2.86. The Balaban J connectivity index is 1.27. The summed E-state index contributed by atoms with van der Waals surface area (Å²) in [5, 5.41) is 0. The predicted octanol–water partition coefficient (Wildman–Crippen LogP) is 5.82. The van der Waals surface area contributed by atoms with E-state index in [4.69, 9.17) is 4.74 Å². The number of benzene rings is 3. The lowest BCUT2D eigenvalue weighted by atomic mass is 10.0. The number of nitrogens with zero attached hydrogens (tertiary/aromatic N) is 2. The van der Waals surface area contributed by atoms with Crippen LogP contribution in [0.15, 0.2) is 91.0 Å². The highest BCUT2D eigenvalue weighted by Crippen LogP contribution is 2.26. The molecule has 4 rings (SSSR count). The van der Waals surface area contributed by atoms with Gasteiger partial charge >= 0.3 is 0 Å². The molecule has 0 spiro atoms. The summed E-state index contributed by atoms with van der Waals surface area (Å²) >= 11 is 0. The normalized spacial score (nSPS) is 19.7. The molecule has 1 fully saturated rings. The fourth-order valence-corrected chi connectivity index (χ4v) is 4.95. The molecule has 0 radical (unpaired) electrons. The molecule has 0 aromatic heterocycles. The van der Waals surface area contributed by atoms with E-state index < -0.39 is 0 Å². The molecule has 3 heteroatoms. The lowest BCUT2D eigenvalue weighted by Crippen LogP contribution is -2.57. The van der Waals surface area contributed by atoms with E-state index in [2.05, 4.69) is 115 Å². The van der Waals surface area contributed by atoms with Crippen molar-refractivity contribution in [3.05, 3.63) is 108 Å². The molecule has 2 unspecified atom stereocenters. The SMILES string of the molecule is CC1CN(CCOC(c2ccccc2)c2ccccc2)C(C)CN1CCCc1ccccc1. The van der Waals surface area contributed by atoms with Crippen molar-refractivity contribution in [2.24, 2.45) is 0 Å². The Hall–Kier alpha value is -2.46. The van der Waals surface area contributed by atoms with Gasteiger partial charge in [-0.2, -0.15) is 0 Å². The molecule has 33 heavy (non-hydrogen) atoms. The highest BCUT2D eigenvalue weighted by molar-refractivity contribution is 5.29. The zero-order valence-corrected chi connectivity index (χ0v) is 20.1. The van der Waals surface area contributed by atoms with E-state index in [-0.39, 0.29) is 6.10 Å². The summed E-state index contributed by atoms with van der Waals surface area (Å²) in [6, 6.07) is 33.1. The van der Waals surface area contributed by atoms with E-state index >= 15 is 0 Å². The molecule has 3 aromatic carbocycles. The Kier molecular flexibility index (Phi) is 8.71. The van der Waals surface area contributed by atoms with Crippen LogP contribution >= 0.6 is 0 Å². The topological polar surface area (TPSA) is 15.7 Å². The minimum atomic E-state index is -0.0144. The molecule has 1 heterocycles. The van der Waals surface area contributed by atoms with Crippen LogP contribution < -0.4 is 0 Å². The lowest BCUT2D eigenvalue weighted by molar-refractivity contribution is 0.00664. The third kappa shape index (κ3) is 6.77. The Morgan fingerprint density at radius 3 is 1.73 bits per heavy atom. The molecule has 0 N–H and O–H groups in total. The first kappa shape index (κ1) is 23.7. The largest absolute Gasteiger partial charge is 0.367 e. The third-order valence-corrected chi connectivity index (χ3v) is 6.87. The zero-order chi connectivity index (χ0) is 22.9. The summed E-state index contributed by atoms with van der Waals surface area (Å²) in [7, 11) is 0. The average molecular weight is 443 g/mol. The lowest BCUT2D eigenvalue weighted by Gasteiger charge is -2.44. The molecule has 2 atom stereocenters. The maximum absolute atomic E-state index is 6.49. The van der Waals surface area contributed by atoms with Crippen LogP contribution in [0.1, 0.15) is 43.1 Å². The van der Waals surface area contributed by atoms with Gasteiger partial charge in [0.2, 0.25) is 0 Å². The number of aryl methyl sites for hydroxylation is 1. The molecule has 0 aliphatic carbocycles. The number of hydrogen-bond donors (Lipinski definition) is 0. The number of ether oxygens (including phenoxy) is 1. The highest BCUT2D eigenvalue weighted by Gasteiger charge is 2.28. The Bertz CT molecular complexity index is 892. The molecular weight excluding hydrogens is 404 g/mol. The smallest absolute Gasteiger partial charge is 0.108 e. The van der Waals surface area contributed by atoms with Gasteiger partial charge in [-0.3, -0.25) is 9.80 Å². The zero-order valence-electron chi connectivity index (χ0n) is 20.1. The van der Waals surface area contributed by atoms with Crippen molar-refractivity contribution < 1.29 is 4.74 Å². The van der Waals surface area contributed by atoms with Crippen LogP contribution in [0.4, 0.5) is 0 Å². The van der Waals surface area contributed by atoms with E-state index in [0.29, 0.717) is 12.1 Å². The van der Waals surface area contributed by atoms with Crippen molar-refractivity contribution in [1.82, 2.24) is 9.80 Å². The molecule has 1 saturated heterocycles. The van der Waals surface area contributed by atoms with Gasteiger partial charge in [0.05, 0.1) is 6.61 Å². The van der Waals surface area contributed by atoms with Gasteiger partial charge in [0, 0.05) is 31.7 Å². The Labute approximate surface area is 200 Å². The first-order chi connectivity index (χ1) is 16.2. The van der Waals surface area contributed by atoms with Gasteiger partial charge < -0.3 is 4.74 Å². The van der Waals surface area contributed by atoms with Gasteiger partial charge in [-0.25, -0.2) is 0 Å². The summed E-state index contributed by atoms with van der Waals surface area (Å²) < 4.78 is 6.49. The van der Waals surface area contributed by atoms with Crippen LogP contribution in [0.25, 0.3) is 0 Å². The van der Waals surface area contributed by atoms with Crippen LogP contribution in [0.3, 0.4) is 0 Å². The second-order valence-electron chi connectivity index (χ2n) is 9.35. The molecule has 3 aromatic rings. The number of hydrogen-bond acceptors (Lipinski definition) is 3. The Morgan fingerprint density at radius 1 is 0.697 bits per heavy atom. The van der Waals surface area contributed by atoms with Crippen LogP contribution in [0, 0.1) is 0 Å². The maximum atomic E-state index is 6.49. The first-order valence-corrected chi connectivity index (χ1v) is 12.4. The predicted molar refractivity (Wildman–Crippen MR) is 138 cm³/mol. The van der Waals surface area contributed by atoms with E-state index in [9.17, 15) is 0 Å². The first-order valence-electron chi connectivity index (χ1n) is 12.4. The monoisotopic (exact) mass is 442 g/mol. The van der Waals surface area contributed by atoms with Crippen LogP contribution in [-0.2, 0) is 11.2 Å². The van der Waals surface area contributed by atoms with Crippen LogP contribution in [0.5, 0.6) is 0 Å².